The van der Waals surface area contributed by atoms with E-state index >= 15 is 0 Å². The number of hydrogen-bond donors (Lipinski definition) is 1. The van der Waals surface area contributed by atoms with Crippen molar-refractivity contribution in [1.82, 2.24) is 15.1 Å². The molecular weight excluding hydrogens is 190 g/mol. The van der Waals surface area contributed by atoms with E-state index in [1.54, 1.807) is 16.9 Å². The van der Waals surface area contributed by atoms with E-state index in [4.69, 9.17) is 0 Å². The molecular formula is C11H17N3O. The summed E-state index contributed by atoms with van der Waals surface area (Å²) in [7, 11) is 1.82. The molecule has 4 nitrogen and oxygen atoms in total. The third-order valence-electron chi connectivity index (χ3n) is 2.91. The van der Waals surface area contributed by atoms with Gasteiger partial charge in [-0.15, -0.1) is 0 Å². The minimum atomic E-state index is 0.0856. The molecule has 1 N–H and O–H groups in total. The lowest BCUT2D eigenvalue weighted by molar-refractivity contribution is 0.0982. The van der Waals surface area contributed by atoms with Crippen LogP contribution >= 0.6 is 0 Å². The van der Waals surface area contributed by atoms with Crippen molar-refractivity contribution in [3.05, 3.63) is 18.0 Å². The van der Waals surface area contributed by atoms with Crippen LogP contribution in [0, 0.1) is 0 Å². The predicted octanol–water partition coefficient (Wildman–Crippen LogP) is 1.13. The summed E-state index contributed by atoms with van der Waals surface area (Å²) in [4.78, 5) is 11.7. The van der Waals surface area contributed by atoms with Crippen molar-refractivity contribution in [1.29, 1.82) is 0 Å². The zero-order valence-corrected chi connectivity index (χ0v) is 9.07. The first-order valence-corrected chi connectivity index (χ1v) is 5.52. The van der Waals surface area contributed by atoms with Gasteiger partial charge in [0.05, 0.1) is 6.54 Å². The monoisotopic (exact) mass is 207 g/mol. The van der Waals surface area contributed by atoms with Crippen molar-refractivity contribution < 1.29 is 4.79 Å². The zero-order valence-electron chi connectivity index (χ0n) is 9.07. The highest BCUT2D eigenvalue weighted by molar-refractivity contribution is 5.95. The molecule has 1 aromatic heterocycles. The number of nitrogens with zero attached hydrogens (tertiary/aromatic N) is 2. The molecule has 0 aliphatic heterocycles. The quantitative estimate of drug-likeness (QED) is 0.753. The minimum absolute atomic E-state index is 0.0856. The lowest BCUT2D eigenvalue weighted by Crippen LogP contribution is -2.31. The molecule has 1 aliphatic rings. The molecule has 1 saturated carbocycles. The van der Waals surface area contributed by atoms with Crippen LogP contribution in [0.5, 0.6) is 0 Å². The number of aromatic nitrogens is 2. The summed E-state index contributed by atoms with van der Waals surface area (Å²) in [5.74, 6) is 0.0856. The Morgan fingerprint density at radius 3 is 2.93 bits per heavy atom. The predicted molar refractivity (Wildman–Crippen MR) is 57.8 cm³/mol. The average Bonchev–Trinajstić information content (AvgIpc) is 2.84. The van der Waals surface area contributed by atoms with E-state index in [0.717, 1.165) is 0 Å². The highest BCUT2D eigenvalue weighted by Crippen LogP contribution is 2.17. The maximum atomic E-state index is 11.7. The average molecular weight is 207 g/mol. The Hall–Kier alpha value is -1.16. The standard InChI is InChI=1S/C11H17N3O/c1-14-7-6-10(13-14)11(15)8-12-9-4-2-3-5-9/h6-7,9,12H,2-5,8H2,1H3. The van der Waals surface area contributed by atoms with Gasteiger partial charge in [0.1, 0.15) is 5.69 Å². The van der Waals surface area contributed by atoms with Crippen LogP contribution in [0.1, 0.15) is 36.2 Å². The Balaban J connectivity index is 1.81. The van der Waals surface area contributed by atoms with Gasteiger partial charge in [-0.1, -0.05) is 12.8 Å². The molecule has 0 unspecified atom stereocenters. The summed E-state index contributed by atoms with van der Waals surface area (Å²) < 4.78 is 1.66. The summed E-state index contributed by atoms with van der Waals surface area (Å²) in [5, 5.41) is 7.37. The first-order valence-electron chi connectivity index (χ1n) is 5.52. The van der Waals surface area contributed by atoms with Crippen LogP contribution in [0.2, 0.25) is 0 Å². The third kappa shape index (κ3) is 2.65. The maximum Gasteiger partial charge on any atom is 0.196 e. The fourth-order valence-electron chi connectivity index (χ4n) is 2.02. The van der Waals surface area contributed by atoms with E-state index in [-0.39, 0.29) is 5.78 Å². The van der Waals surface area contributed by atoms with Gasteiger partial charge in [0.2, 0.25) is 0 Å². The largest absolute Gasteiger partial charge is 0.307 e. The Labute approximate surface area is 89.7 Å². The van der Waals surface area contributed by atoms with E-state index in [0.29, 0.717) is 18.3 Å². The van der Waals surface area contributed by atoms with E-state index in [1.807, 2.05) is 7.05 Å². The lowest BCUT2D eigenvalue weighted by Gasteiger charge is -2.09. The number of ketones is 1. The van der Waals surface area contributed by atoms with Crippen LogP contribution in [-0.2, 0) is 7.05 Å². The smallest absolute Gasteiger partial charge is 0.196 e. The SMILES string of the molecule is Cn1ccc(C(=O)CNC2CCCC2)n1. The first-order chi connectivity index (χ1) is 7.25. The Morgan fingerprint density at radius 2 is 2.33 bits per heavy atom. The van der Waals surface area contributed by atoms with Crippen molar-refractivity contribution in [2.24, 2.45) is 7.05 Å². The summed E-state index contributed by atoms with van der Waals surface area (Å²) >= 11 is 0. The van der Waals surface area contributed by atoms with E-state index < -0.39 is 0 Å². The molecule has 82 valence electrons. The fraction of sp³-hybridized carbons (Fsp3) is 0.636. The van der Waals surface area contributed by atoms with Gasteiger partial charge < -0.3 is 5.32 Å². The molecule has 0 radical (unpaired) electrons. The van der Waals surface area contributed by atoms with Crippen molar-refractivity contribution in [3.8, 4) is 0 Å². The van der Waals surface area contributed by atoms with Crippen molar-refractivity contribution in [2.45, 2.75) is 31.7 Å². The molecule has 1 fully saturated rings. The van der Waals surface area contributed by atoms with Gasteiger partial charge in [-0.2, -0.15) is 5.10 Å². The molecule has 0 bridgehead atoms. The van der Waals surface area contributed by atoms with Gasteiger partial charge >= 0.3 is 0 Å². The Morgan fingerprint density at radius 1 is 1.60 bits per heavy atom. The Bertz CT molecular complexity index is 339. The highest BCUT2D eigenvalue weighted by Gasteiger charge is 2.16. The molecule has 0 atom stereocenters. The molecule has 1 heterocycles. The van der Waals surface area contributed by atoms with Crippen LogP contribution in [0.15, 0.2) is 12.3 Å². The van der Waals surface area contributed by atoms with Gasteiger partial charge in [0, 0.05) is 19.3 Å². The number of aryl methyl sites for hydroxylation is 1. The number of carbonyl (C=O) groups excluding carboxylic acids is 1. The first kappa shape index (κ1) is 10.4. The molecule has 1 aromatic rings. The summed E-state index contributed by atoms with van der Waals surface area (Å²) in [6, 6.07) is 2.30. The van der Waals surface area contributed by atoms with Crippen LogP contribution in [0.4, 0.5) is 0 Å². The number of hydrogen-bond acceptors (Lipinski definition) is 3. The Kier molecular flexibility index (Phi) is 3.16. The summed E-state index contributed by atoms with van der Waals surface area (Å²) in [6.45, 7) is 0.418. The molecule has 1 aliphatic carbocycles. The van der Waals surface area contributed by atoms with Crippen LogP contribution in [-0.4, -0.2) is 28.2 Å². The fourth-order valence-corrected chi connectivity index (χ4v) is 2.02. The second-order valence-corrected chi connectivity index (χ2v) is 4.16. The molecule has 15 heavy (non-hydrogen) atoms. The van der Waals surface area contributed by atoms with Gasteiger partial charge in [-0.05, 0) is 18.9 Å². The van der Waals surface area contributed by atoms with E-state index in [1.165, 1.54) is 25.7 Å². The minimum Gasteiger partial charge on any atom is -0.307 e. The third-order valence-corrected chi connectivity index (χ3v) is 2.91. The van der Waals surface area contributed by atoms with Crippen LogP contribution in [0.3, 0.4) is 0 Å². The van der Waals surface area contributed by atoms with Crippen molar-refractivity contribution >= 4 is 5.78 Å². The topological polar surface area (TPSA) is 46.9 Å². The van der Waals surface area contributed by atoms with Crippen molar-refractivity contribution in [2.75, 3.05) is 6.54 Å². The second kappa shape index (κ2) is 4.57. The zero-order chi connectivity index (χ0) is 10.7. The highest BCUT2D eigenvalue weighted by atomic mass is 16.1. The van der Waals surface area contributed by atoms with Gasteiger partial charge in [0.15, 0.2) is 5.78 Å². The number of Topliss-reactive ketones (excluding diaryl/α,β-unsaturated/α-hetero) is 1. The number of carbonyl (C=O) groups is 1. The molecule has 4 heteroatoms. The second-order valence-electron chi connectivity index (χ2n) is 4.16. The van der Waals surface area contributed by atoms with Gasteiger partial charge in [0.25, 0.3) is 0 Å². The number of nitrogens with one attached hydrogen (secondary N) is 1. The summed E-state index contributed by atoms with van der Waals surface area (Å²) in [6.07, 6.45) is 6.78. The molecule has 0 aromatic carbocycles. The maximum absolute atomic E-state index is 11.7. The summed E-state index contributed by atoms with van der Waals surface area (Å²) in [5.41, 5.74) is 0.558. The normalized spacial score (nSPS) is 17.1. The van der Waals surface area contributed by atoms with Gasteiger partial charge in [-0.3, -0.25) is 9.48 Å². The lowest BCUT2D eigenvalue weighted by atomic mass is 10.2. The molecule has 2 rings (SSSR count). The molecule has 0 amide bonds. The van der Waals surface area contributed by atoms with Gasteiger partial charge in [-0.25, -0.2) is 0 Å². The van der Waals surface area contributed by atoms with Crippen LogP contribution < -0.4 is 5.32 Å². The van der Waals surface area contributed by atoms with Crippen molar-refractivity contribution in [3.63, 3.8) is 0 Å². The van der Waals surface area contributed by atoms with Crippen LogP contribution in [0.25, 0.3) is 0 Å². The number of rotatable bonds is 4. The molecule has 0 spiro atoms. The molecule has 0 saturated heterocycles. The van der Waals surface area contributed by atoms with E-state index in [2.05, 4.69) is 10.4 Å². The van der Waals surface area contributed by atoms with E-state index in [9.17, 15) is 4.79 Å².